The molecule has 3 atom stereocenters. The SMILES string of the molecule is Cc1ncccc1N[C@H]1C[C@H]2CC[C@H]1C2. The van der Waals surface area contributed by atoms with E-state index in [1.807, 2.05) is 12.3 Å². The molecule has 2 aliphatic carbocycles. The molecular formula is C13H18N2. The van der Waals surface area contributed by atoms with Gasteiger partial charge in [-0.3, -0.25) is 4.98 Å². The van der Waals surface area contributed by atoms with E-state index < -0.39 is 0 Å². The van der Waals surface area contributed by atoms with Gasteiger partial charge in [-0.2, -0.15) is 0 Å². The summed E-state index contributed by atoms with van der Waals surface area (Å²) in [6.07, 6.45) is 7.59. The van der Waals surface area contributed by atoms with Gasteiger partial charge in [-0.25, -0.2) is 0 Å². The standard InChI is InChI=1S/C13H18N2/c1-9-12(3-2-6-14-9)15-13-8-10-4-5-11(13)7-10/h2-3,6,10-11,13,15H,4-5,7-8H2,1H3/t10-,11-,13-/m0/s1. The van der Waals surface area contributed by atoms with Crippen molar-refractivity contribution >= 4 is 5.69 Å². The van der Waals surface area contributed by atoms with Crippen LogP contribution < -0.4 is 5.32 Å². The highest BCUT2D eigenvalue weighted by atomic mass is 15.0. The van der Waals surface area contributed by atoms with Gasteiger partial charge in [-0.1, -0.05) is 6.42 Å². The van der Waals surface area contributed by atoms with Crippen LogP contribution in [-0.4, -0.2) is 11.0 Å². The predicted molar refractivity (Wildman–Crippen MR) is 61.8 cm³/mol. The number of anilines is 1. The lowest BCUT2D eigenvalue weighted by atomic mass is 9.95. The van der Waals surface area contributed by atoms with Crippen molar-refractivity contribution in [2.75, 3.05) is 5.32 Å². The maximum Gasteiger partial charge on any atom is 0.0603 e. The fourth-order valence-electron chi connectivity index (χ4n) is 3.26. The van der Waals surface area contributed by atoms with Crippen molar-refractivity contribution in [3.63, 3.8) is 0 Å². The Hall–Kier alpha value is -1.05. The minimum absolute atomic E-state index is 0.714. The average Bonchev–Trinajstić information content (AvgIpc) is 2.83. The van der Waals surface area contributed by atoms with E-state index in [1.54, 1.807) is 0 Å². The molecule has 2 bridgehead atoms. The van der Waals surface area contributed by atoms with Gasteiger partial charge < -0.3 is 5.32 Å². The molecule has 2 heteroatoms. The lowest BCUT2D eigenvalue weighted by molar-refractivity contribution is 0.439. The first-order valence-electron chi connectivity index (χ1n) is 6.01. The van der Waals surface area contributed by atoms with Crippen LogP contribution in [0.4, 0.5) is 5.69 Å². The number of hydrogen-bond acceptors (Lipinski definition) is 2. The Morgan fingerprint density at radius 2 is 2.27 bits per heavy atom. The van der Waals surface area contributed by atoms with Crippen LogP contribution >= 0.6 is 0 Å². The fourth-order valence-corrected chi connectivity index (χ4v) is 3.26. The third-order valence-corrected chi connectivity index (χ3v) is 4.09. The lowest BCUT2D eigenvalue weighted by Crippen LogP contribution is -2.26. The quantitative estimate of drug-likeness (QED) is 0.797. The molecule has 0 spiro atoms. The molecule has 2 nitrogen and oxygen atoms in total. The molecule has 0 saturated heterocycles. The maximum atomic E-state index is 4.32. The molecule has 3 rings (SSSR count). The summed E-state index contributed by atoms with van der Waals surface area (Å²) in [6.45, 7) is 2.08. The molecule has 0 aromatic carbocycles. The highest BCUT2D eigenvalue weighted by Gasteiger charge is 2.39. The van der Waals surface area contributed by atoms with Crippen molar-refractivity contribution < 1.29 is 0 Å². The number of hydrogen-bond donors (Lipinski definition) is 1. The van der Waals surface area contributed by atoms with Crippen molar-refractivity contribution in [1.82, 2.24) is 4.98 Å². The molecule has 80 valence electrons. The van der Waals surface area contributed by atoms with Crippen molar-refractivity contribution in [3.05, 3.63) is 24.0 Å². The van der Waals surface area contributed by atoms with Crippen LogP contribution in [0.5, 0.6) is 0 Å². The van der Waals surface area contributed by atoms with Crippen molar-refractivity contribution in [3.8, 4) is 0 Å². The van der Waals surface area contributed by atoms with E-state index in [2.05, 4.69) is 23.3 Å². The molecule has 15 heavy (non-hydrogen) atoms. The Morgan fingerprint density at radius 1 is 1.33 bits per heavy atom. The zero-order valence-electron chi connectivity index (χ0n) is 9.24. The van der Waals surface area contributed by atoms with E-state index in [4.69, 9.17) is 0 Å². The van der Waals surface area contributed by atoms with Gasteiger partial charge in [-0.05, 0) is 50.2 Å². The van der Waals surface area contributed by atoms with Gasteiger partial charge in [0.25, 0.3) is 0 Å². The highest BCUT2D eigenvalue weighted by molar-refractivity contribution is 5.47. The van der Waals surface area contributed by atoms with Gasteiger partial charge in [0, 0.05) is 12.2 Å². The average molecular weight is 202 g/mol. The van der Waals surface area contributed by atoms with Crippen molar-refractivity contribution in [2.45, 2.75) is 38.6 Å². The zero-order chi connectivity index (χ0) is 10.3. The van der Waals surface area contributed by atoms with Gasteiger partial charge in [0.05, 0.1) is 11.4 Å². The first kappa shape index (κ1) is 9.20. The third kappa shape index (κ3) is 1.62. The fraction of sp³-hybridized carbons (Fsp3) is 0.615. The Labute approximate surface area is 91.1 Å². The van der Waals surface area contributed by atoms with Crippen LogP contribution in [-0.2, 0) is 0 Å². The summed E-state index contributed by atoms with van der Waals surface area (Å²) in [5, 5.41) is 3.68. The molecule has 1 heterocycles. The summed E-state index contributed by atoms with van der Waals surface area (Å²) in [5.74, 6) is 1.93. The van der Waals surface area contributed by atoms with Crippen molar-refractivity contribution in [1.29, 1.82) is 0 Å². The number of rotatable bonds is 2. The topological polar surface area (TPSA) is 24.9 Å². The summed E-state index contributed by atoms with van der Waals surface area (Å²) >= 11 is 0. The Morgan fingerprint density at radius 3 is 2.93 bits per heavy atom. The molecule has 0 amide bonds. The molecule has 1 aromatic rings. The largest absolute Gasteiger partial charge is 0.381 e. The van der Waals surface area contributed by atoms with E-state index in [1.165, 1.54) is 31.4 Å². The van der Waals surface area contributed by atoms with E-state index in [0.29, 0.717) is 6.04 Å². The Kier molecular flexibility index (Phi) is 2.15. The molecule has 2 aliphatic rings. The zero-order valence-corrected chi connectivity index (χ0v) is 9.24. The molecule has 2 fully saturated rings. The maximum absolute atomic E-state index is 4.32. The summed E-state index contributed by atoms with van der Waals surface area (Å²) in [6, 6.07) is 4.88. The first-order chi connectivity index (χ1) is 7.33. The number of pyridine rings is 1. The third-order valence-electron chi connectivity index (χ3n) is 4.09. The molecular weight excluding hydrogens is 184 g/mol. The lowest BCUT2D eigenvalue weighted by Gasteiger charge is -2.24. The van der Waals surface area contributed by atoms with Crippen LogP contribution in [0, 0.1) is 18.8 Å². The minimum Gasteiger partial charge on any atom is -0.381 e. The van der Waals surface area contributed by atoms with Crippen LogP contribution in [0.1, 0.15) is 31.4 Å². The number of aryl methyl sites for hydroxylation is 1. The van der Waals surface area contributed by atoms with Gasteiger partial charge in [0.2, 0.25) is 0 Å². The molecule has 2 saturated carbocycles. The van der Waals surface area contributed by atoms with Crippen LogP contribution in [0.2, 0.25) is 0 Å². The normalized spacial score (nSPS) is 33.3. The van der Waals surface area contributed by atoms with Gasteiger partial charge in [-0.15, -0.1) is 0 Å². The summed E-state index contributed by atoms with van der Waals surface area (Å²) in [5.41, 5.74) is 2.36. The van der Waals surface area contributed by atoms with E-state index in [-0.39, 0.29) is 0 Å². The smallest absolute Gasteiger partial charge is 0.0603 e. The highest BCUT2D eigenvalue weighted by Crippen LogP contribution is 2.45. The number of nitrogens with zero attached hydrogens (tertiary/aromatic N) is 1. The Balaban J connectivity index is 1.73. The second kappa shape index (κ2) is 3.51. The summed E-state index contributed by atoms with van der Waals surface area (Å²) in [4.78, 5) is 4.32. The van der Waals surface area contributed by atoms with Gasteiger partial charge >= 0.3 is 0 Å². The monoisotopic (exact) mass is 202 g/mol. The van der Waals surface area contributed by atoms with Crippen LogP contribution in [0.25, 0.3) is 0 Å². The van der Waals surface area contributed by atoms with Gasteiger partial charge in [0.15, 0.2) is 0 Å². The van der Waals surface area contributed by atoms with E-state index in [9.17, 15) is 0 Å². The van der Waals surface area contributed by atoms with E-state index >= 15 is 0 Å². The van der Waals surface area contributed by atoms with Crippen LogP contribution in [0.15, 0.2) is 18.3 Å². The van der Waals surface area contributed by atoms with Gasteiger partial charge in [0.1, 0.15) is 0 Å². The molecule has 0 aliphatic heterocycles. The number of fused-ring (bicyclic) bond motifs is 2. The van der Waals surface area contributed by atoms with E-state index in [0.717, 1.165) is 17.5 Å². The second-order valence-electron chi connectivity index (χ2n) is 5.06. The summed E-state index contributed by atoms with van der Waals surface area (Å²) < 4.78 is 0. The first-order valence-corrected chi connectivity index (χ1v) is 6.01. The molecule has 1 N–H and O–H groups in total. The number of aromatic nitrogens is 1. The molecule has 0 radical (unpaired) electrons. The Bertz CT molecular complexity index is 361. The predicted octanol–water partition coefficient (Wildman–Crippen LogP) is 2.99. The molecule has 1 aromatic heterocycles. The van der Waals surface area contributed by atoms with Crippen molar-refractivity contribution in [2.24, 2.45) is 11.8 Å². The number of nitrogens with one attached hydrogen (secondary N) is 1. The van der Waals surface area contributed by atoms with Crippen LogP contribution in [0.3, 0.4) is 0 Å². The summed E-state index contributed by atoms with van der Waals surface area (Å²) in [7, 11) is 0. The second-order valence-corrected chi connectivity index (χ2v) is 5.06. The molecule has 0 unspecified atom stereocenters. The minimum atomic E-state index is 0.714.